The summed E-state index contributed by atoms with van der Waals surface area (Å²) < 4.78 is 0. The van der Waals surface area contributed by atoms with Crippen LogP contribution < -0.4 is 0 Å². The molecule has 0 radical (unpaired) electrons. The standard InChI is InChI=1S/C15H20Si2/c1-4-10-16(11-5-1)14-8-3-9-15-17-12-6-2-7-13-17/h1-2,4-7,10-13H,3,8-9,14-15H2. The maximum atomic E-state index is 2.42. The zero-order chi connectivity index (χ0) is 11.8. The Morgan fingerprint density at radius 1 is 0.471 bits per heavy atom. The summed E-state index contributed by atoms with van der Waals surface area (Å²) in [6, 6.07) is 16.0. The first-order valence-electron chi connectivity index (χ1n) is 6.53. The minimum atomic E-state index is -0.270. The third kappa shape index (κ3) is 4.88. The van der Waals surface area contributed by atoms with Gasteiger partial charge in [-0.25, -0.2) is 0 Å². The molecule has 0 saturated heterocycles. The van der Waals surface area contributed by atoms with E-state index < -0.39 is 0 Å². The number of rotatable bonds is 6. The summed E-state index contributed by atoms with van der Waals surface area (Å²) in [5.74, 6) is 0. The maximum Gasteiger partial charge on any atom is 0.0369 e. The third-order valence-corrected chi connectivity index (χ3v) is 7.46. The molecule has 0 fully saturated rings. The van der Waals surface area contributed by atoms with Crippen molar-refractivity contribution in [2.24, 2.45) is 0 Å². The molecule has 2 rings (SSSR count). The van der Waals surface area contributed by atoms with Crippen molar-refractivity contribution < 1.29 is 0 Å². The molecule has 0 amide bonds. The number of aryl methyl sites for hydroxylation is 2. The quantitative estimate of drug-likeness (QED) is 0.547. The van der Waals surface area contributed by atoms with Gasteiger partial charge in [-0.2, -0.15) is 0 Å². The molecular formula is C15H20Si2. The first-order chi connectivity index (χ1) is 8.45. The van der Waals surface area contributed by atoms with Crippen LogP contribution in [0.2, 0.25) is 0 Å². The molecule has 2 aromatic rings. The molecule has 0 saturated carbocycles. The first-order valence-corrected chi connectivity index (χ1v) is 10.3. The van der Waals surface area contributed by atoms with E-state index in [0.29, 0.717) is 0 Å². The van der Waals surface area contributed by atoms with Crippen molar-refractivity contribution >= 4 is 16.8 Å². The van der Waals surface area contributed by atoms with Crippen LogP contribution in [0.25, 0.3) is 0 Å². The fraction of sp³-hybridized carbons (Fsp3) is 0.333. The Balaban J connectivity index is 1.61. The highest BCUT2D eigenvalue weighted by Gasteiger charge is 1.95. The van der Waals surface area contributed by atoms with Crippen LogP contribution in [0.4, 0.5) is 0 Å². The second-order valence-corrected chi connectivity index (χ2v) is 9.16. The van der Waals surface area contributed by atoms with Crippen molar-refractivity contribution in [1.82, 2.24) is 0 Å². The van der Waals surface area contributed by atoms with E-state index in [1.54, 1.807) is 0 Å². The second-order valence-electron chi connectivity index (χ2n) is 4.53. The Morgan fingerprint density at radius 3 is 1.29 bits per heavy atom. The molecule has 0 aliphatic carbocycles. The zero-order valence-electron chi connectivity index (χ0n) is 10.3. The fourth-order valence-corrected chi connectivity index (χ4v) is 5.76. The summed E-state index contributed by atoms with van der Waals surface area (Å²) in [4.78, 5) is 0. The van der Waals surface area contributed by atoms with Gasteiger partial charge < -0.3 is 0 Å². The number of unbranched alkanes of at least 4 members (excludes halogenated alkanes) is 2. The van der Waals surface area contributed by atoms with Crippen molar-refractivity contribution in [2.75, 3.05) is 0 Å². The van der Waals surface area contributed by atoms with E-state index in [1.807, 2.05) is 0 Å². The number of hydrogen-bond donors (Lipinski definition) is 0. The summed E-state index contributed by atoms with van der Waals surface area (Å²) in [5, 5.41) is 0. The van der Waals surface area contributed by atoms with Gasteiger partial charge in [0.15, 0.2) is 0 Å². The monoisotopic (exact) mass is 256 g/mol. The molecule has 17 heavy (non-hydrogen) atoms. The molecule has 0 unspecified atom stereocenters. The van der Waals surface area contributed by atoms with Crippen LogP contribution in [0.3, 0.4) is 0 Å². The summed E-state index contributed by atoms with van der Waals surface area (Å²) in [6.45, 7) is 0. The maximum absolute atomic E-state index is 2.42. The summed E-state index contributed by atoms with van der Waals surface area (Å²) in [5.41, 5.74) is 9.66. The van der Waals surface area contributed by atoms with E-state index in [2.05, 4.69) is 59.1 Å². The molecule has 2 aromatic heterocycles. The van der Waals surface area contributed by atoms with Crippen LogP contribution in [-0.4, -0.2) is 16.8 Å². The average molecular weight is 256 g/mol. The van der Waals surface area contributed by atoms with Crippen LogP contribution in [0.1, 0.15) is 19.3 Å². The molecule has 0 aromatic carbocycles. The van der Waals surface area contributed by atoms with E-state index in [1.165, 1.54) is 31.4 Å². The minimum Gasteiger partial charge on any atom is -0.0778 e. The van der Waals surface area contributed by atoms with Crippen molar-refractivity contribution in [1.29, 1.82) is 0 Å². The van der Waals surface area contributed by atoms with Crippen LogP contribution in [0.15, 0.2) is 59.1 Å². The highest BCUT2D eigenvalue weighted by Crippen LogP contribution is 2.01. The molecule has 0 nitrogen and oxygen atoms in total. The van der Waals surface area contributed by atoms with Gasteiger partial charge >= 0.3 is 0 Å². The van der Waals surface area contributed by atoms with E-state index in [4.69, 9.17) is 0 Å². The predicted molar refractivity (Wildman–Crippen MR) is 78.6 cm³/mol. The lowest BCUT2D eigenvalue weighted by Crippen LogP contribution is -2.01. The normalized spacial score (nSPS) is 10.4. The van der Waals surface area contributed by atoms with Crippen LogP contribution >= 0.6 is 0 Å². The third-order valence-electron chi connectivity index (χ3n) is 3.12. The first kappa shape index (κ1) is 12.6. The van der Waals surface area contributed by atoms with Gasteiger partial charge in [-0.1, -0.05) is 78.4 Å². The van der Waals surface area contributed by atoms with Crippen LogP contribution in [0, 0.1) is 0 Å². The van der Waals surface area contributed by atoms with Gasteiger partial charge in [0.1, 0.15) is 0 Å². The van der Waals surface area contributed by atoms with Gasteiger partial charge in [0.2, 0.25) is 0 Å². The molecule has 0 aliphatic rings. The minimum absolute atomic E-state index is 0.270. The Hall–Kier alpha value is -0.866. The van der Waals surface area contributed by atoms with Crippen molar-refractivity contribution in [2.45, 2.75) is 31.4 Å². The van der Waals surface area contributed by atoms with E-state index in [9.17, 15) is 0 Å². The van der Waals surface area contributed by atoms with Gasteiger partial charge in [-0.15, -0.1) is 0 Å². The Bertz CT molecular complexity index is 370. The lowest BCUT2D eigenvalue weighted by atomic mass is 10.3. The van der Waals surface area contributed by atoms with Gasteiger partial charge in [-0.05, 0) is 12.1 Å². The largest absolute Gasteiger partial charge is 0.0778 e. The van der Waals surface area contributed by atoms with Gasteiger partial charge in [0, 0.05) is 16.8 Å². The smallest absolute Gasteiger partial charge is 0.0369 e. The predicted octanol–water partition coefficient (Wildman–Crippen LogP) is 3.61. The molecule has 2 heteroatoms. The molecule has 0 bridgehead atoms. The average Bonchev–Trinajstić information content (AvgIpc) is 2.41. The molecule has 2 heterocycles. The lowest BCUT2D eigenvalue weighted by molar-refractivity contribution is 0.727. The van der Waals surface area contributed by atoms with Crippen molar-refractivity contribution in [3.05, 3.63) is 59.1 Å². The fourth-order valence-electron chi connectivity index (χ4n) is 2.12. The molecule has 88 valence electrons. The molecular weight excluding hydrogens is 236 g/mol. The Labute approximate surface area is 107 Å². The van der Waals surface area contributed by atoms with E-state index in [-0.39, 0.29) is 16.8 Å². The second kappa shape index (κ2) is 7.46. The van der Waals surface area contributed by atoms with E-state index in [0.717, 1.165) is 0 Å². The highest BCUT2D eigenvalue weighted by molar-refractivity contribution is 6.49. The topological polar surface area (TPSA) is 0 Å². The molecule has 0 atom stereocenters. The zero-order valence-corrected chi connectivity index (χ0v) is 12.3. The molecule has 0 spiro atoms. The summed E-state index contributed by atoms with van der Waals surface area (Å²) >= 11 is 0. The van der Waals surface area contributed by atoms with Crippen LogP contribution in [-0.2, 0) is 12.1 Å². The Kier molecular flexibility index (Phi) is 5.52. The summed E-state index contributed by atoms with van der Waals surface area (Å²) in [6.07, 6.45) is 4.24. The van der Waals surface area contributed by atoms with Gasteiger partial charge in [0.25, 0.3) is 0 Å². The van der Waals surface area contributed by atoms with E-state index >= 15 is 0 Å². The number of hydrogen-bond acceptors (Lipinski definition) is 0. The summed E-state index contributed by atoms with van der Waals surface area (Å²) in [7, 11) is -0.540. The van der Waals surface area contributed by atoms with Crippen LogP contribution in [0.5, 0.6) is 0 Å². The van der Waals surface area contributed by atoms with Gasteiger partial charge in [-0.3, -0.25) is 0 Å². The molecule has 0 aliphatic heterocycles. The lowest BCUT2D eigenvalue weighted by Gasteiger charge is -2.01. The van der Waals surface area contributed by atoms with Crippen molar-refractivity contribution in [3.63, 3.8) is 0 Å². The Morgan fingerprint density at radius 2 is 0.882 bits per heavy atom. The van der Waals surface area contributed by atoms with Crippen molar-refractivity contribution in [3.8, 4) is 0 Å². The highest BCUT2D eigenvalue weighted by atomic mass is 28.2. The van der Waals surface area contributed by atoms with Gasteiger partial charge in [0.05, 0.1) is 0 Å². The SMILES string of the molecule is c1cc[si](CCCCC[si]2ccccc2)cc1. The molecule has 0 N–H and O–H groups in total.